The Kier molecular flexibility index (Phi) is 4.26. The lowest BCUT2D eigenvalue weighted by Crippen LogP contribution is -2.17. The summed E-state index contributed by atoms with van der Waals surface area (Å²) in [5.74, 6) is 1.51. The van der Waals surface area contributed by atoms with Crippen molar-refractivity contribution in [2.45, 2.75) is 32.8 Å². The molecule has 1 heterocycles. The maximum absolute atomic E-state index is 11.4. The number of carbonyl (C=O) groups excluding carboxylic acids is 1. The van der Waals surface area contributed by atoms with E-state index >= 15 is 0 Å². The predicted octanol–water partition coefficient (Wildman–Crippen LogP) is 2.31. The molecule has 0 aliphatic heterocycles. The molecule has 1 N–H and O–H groups in total. The molecule has 0 bridgehead atoms. The molecular weight excluding hydrogens is 270 g/mol. The predicted molar refractivity (Wildman–Crippen MR) is 77.2 cm³/mol. The molecule has 2 rings (SSSR count). The van der Waals surface area contributed by atoms with Crippen molar-refractivity contribution in [3.05, 3.63) is 41.6 Å². The van der Waals surface area contributed by atoms with Gasteiger partial charge in [-0.1, -0.05) is 20.8 Å². The molecule has 1 amide bonds. The van der Waals surface area contributed by atoms with Crippen LogP contribution < -0.4 is 10.1 Å². The molecule has 0 aliphatic carbocycles. The normalized spacial score (nSPS) is 11.2. The maximum atomic E-state index is 11.4. The molecule has 112 valence electrons. The number of ether oxygens (including phenoxy) is 1. The van der Waals surface area contributed by atoms with Crippen LogP contribution in [0.4, 0.5) is 0 Å². The maximum Gasteiger partial charge on any atom is 0.253 e. The molecule has 0 aliphatic rings. The number of nitrogens with one attached hydrogen (secondary N) is 1. The van der Waals surface area contributed by atoms with Crippen LogP contribution >= 0.6 is 0 Å². The molecule has 2 aromatic rings. The van der Waals surface area contributed by atoms with Crippen molar-refractivity contribution in [3.8, 4) is 5.75 Å². The summed E-state index contributed by atoms with van der Waals surface area (Å²) in [6, 6.07) is 6.85. The molecule has 0 saturated carbocycles. The highest BCUT2D eigenvalue weighted by atomic mass is 16.5. The van der Waals surface area contributed by atoms with Crippen LogP contribution in [-0.2, 0) is 12.0 Å². The zero-order chi connectivity index (χ0) is 15.5. The molecule has 0 saturated heterocycles. The number of rotatable bonds is 4. The Bertz CT molecular complexity index is 612. The highest BCUT2D eigenvalue weighted by Crippen LogP contribution is 2.21. The van der Waals surface area contributed by atoms with E-state index in [2.05, 4.69) is 15.5 Å². The van der Waals surface area contributed by atoms with Crippen molar-refractivity contribution in [1.29, 1.82) is 0 Å². The minimum absolute atomic E-state index is 0.131. The van der Waals surface area contributed by atoms with Crippen molar-refractivity contribution in [3.63, 3.8) is 0 Å². The van der Waals surface area contributed by atoms with E-state index in [0.29, 0.717) is 23.1 Å². The lowest BCUT2D eigenvalue weighted by Gasteiger charge is -2.11. The molecule has 0 unspecified atom stereocenters. The van der Waals surface area contributed by atoms with Crippen LogP contribution in [0.15, 0.2) is 28.7 Å². The van der Waals surface area contributed by atoms with E-state index in [1.165, 1.54) is 0 Å². The van der Waals surface area contributed by atoms with Crippen LogP contribution in [0.1, 0.15) is 42.9 Å². The number of benzene rings is 1. The molecule has 6 heteroatoms. The summed E-state index contributed by atoms with van der Waals surface area (Å²) >= 11 is 0. The fraction of sp³-hybridized carbons (Fsp3) is 0.400. The van der Waals surface area contributed by atoms with Crippen molar-refractivity contribution in [2.24, 2.45) is 0 Å². The molecule has 1 aromatic heterocycles. The van der Waals surface area contributed by atoms with E-state index in [9.17, 15) is 4.79 Å². The van der Waals surface area contributed by atoms with E-state index in [-0.39, 0.29) is 17.9 Å². The van der Waals surface area contributed by atoms with Gasteiger partial charge in [-0.05, 0) is 24.3 Å². The van der Waals surface area contributed by atoms with E-state index in [1.54, 1.807) is 31.3 Å². The van der Waals surface area contributed by atoms with Gasteiger partial charge in [-0.15, -0.1) is 10.2 Å². The van der Waals surface area contributed by atoms with Gasteiger partial charge in [0.15, 0.2) is 6.61 Å². The largest absolute Gasteiger partial charge is 0.484 e. The first kappa shape index (κ1) is 15.0. The van der Waals surface area contributed by atoms with Gasteiger partial charge in [-0.2, -0.15) is 0 Å². The lowest BCUT2D eigenvalue weighted by molar-refractivity contribution is 0.0963. The summed E-state index contributed by atoms with van der Waals surface area (Å²) in [7, 11) is 1.59. The smallest absolute Gasteiger partial charge is 0.253 e. The van der Waals surface area contributed by atoms with Gasteiger partial charge in [0.05, 0.1) is 0 Å². The highest BCUT2D eigenvalue weighted by Gasteiger charge is 2.21. The van der Waals surface area contributed by atoms with Crippen LogP contribution in [0, 0.1) is 0 Å². The van der Waals surface area contributed by atoms with Crippen LogP contribution in [0.5, 0.6) is 5.75 Å². The number of aromatic nitrogens is 2. The van der Waals surface area contributed by atoms with Gasteiger partial charge in [-0.25, -0.2) is 0 Å². The topological polar surface area (TPSA) is 77.2 Å². The lowest BCUT2D eigenvalue weighted by atomic mass is 9.97. The first-order valence-electron chi connectivity index (χ1n) is 6.68. The molecule has 0 radical (unpaired) electrons. The van der Waals surface area contributed by atoms with Gasteiger partial charge < -0.3 is 14.5 Å². The number of carbonyl (C=O) groups is 1. The Morgan fingerprint density at radius 3 is 2.43 bits per heavy atom. The van der Waals surface area contributed by atoms with Gasteiger partial charge in [-0.3, -0.25) is 4.79 Å². The summed E-state index contributed by atoms with van der Waals surface area (Å²) in [4.78, 5) is 11.4. The van der Waals surface area contributed by atoms with Crippen molar-refractivity contribution < 1.29 is 13.9 Å². The Hall–Kier alpha value is -2.37. The third-order valence-corrected chi connectivity index (χ3v) is 2.81. The molecule has 0 fully saturated rings. The Labute approximate surface area is 123 Å². The molecule has 1 aromatic carbocycles. The quantitative estimate of drug-likeness (QED) is 0.934. The van der Waals surface area contributed by atoms with Gasteiger partial charge in [0.25, 0.3) is 11.8 Å². The molecular formula is C15H19N3O3. The number of nitrogens with zero attached hydrogens (tertiary/aromatic N) is 2. The summed E-state index contributed by atoms with van der Waals surface area (Å²) in [5, 5.41) is 10.5. The zero-order valence-electron chi connectivity index (χ0n) is 12.6. The van der Waals surface area contributed by atoms with Crippen LogP contribution in [0.3, 0.4) is 0 Å². The van der Waals surface area contributed by atoms with E-state index in [1.807, 2.05) is 20.8 Å². The third kappa shape index (κ3) is 3.81. The summed E-state index contributed by atoms with van der Waals surface area (Å²) < 4.78 is 11.1. The first-order chi connectivity index (χ1) is 9.90. The van der Waals surface area contributed by atoms with Crippen molar-refractivity contribution in [2.75, 3.05) is 7.05 Å². The second kappa shape index (κ2) is 5.95. The summed E-state index contributed by atoms with van der Waals surface area (Å²) in [6.07, 6.45) is 0. The Morgan fingerprint density at radius 1 is 1.24 bits per heavy atom. The van der Waals surface area contributed by atoms with E-state index in [4.69, 9.17) is 9.15 Å². The van der Waals surface area contributed by atoms with Gasteiger partial charge in [0.1, 0.15) is 5.75 Å². The van der Waals surface area contributed by atoms with Crippen LogP contribution in [-0.4, -0.2) is 23.2 Å². The molecule has 0 spiro atoms. The number of amides is 1. The molecule has 21 heavy (non-hydrogen) atoms. The van der Waals surface area contributed by atoms with Crippen LogP contribution in [0.2, 0.25) is 0 Å². The monoisotopic (exact) mass is 289 g/mol. The van der Waals surface area contributed by atoms with Crippen molar-refractivity contribution in [1.82, 2.24) is 15.5 Å². The fourth-order valence-electron chi connectivity index (χ4n) is 1.61. The minimum Gasteiger partial charge on any atom is -0.484 e. The standard InChI is InChI=1S/C15H19N3O3/c1-15(2,3)14-18-17-12(21-14)9-20-11-7-5-10(6-8-11)13(19)16-4/h5-8H,9H2,1-4H3,(H,16,19). The van der Waals surface area contributed by atoms with Crippen molar-refractivity contribution >= 4 is 5.91 Å². The van der Waals surface area contributed by atoms with Crippen LogP contribution in [0.25, 0.3) is 0 Å². The molecule has 6 nitrogen and oxygen atoms in total. The number of hydrogen-bond donors (Lipinski definition) is 1. The SMILES string of the molecule is CNC(=O)c1ccc(OCc2nnc(C(C)(C)C)o2)cc1. The first-order valence-corrected chi connectivity index (χ1v) is 6.68. The second-order valence-corrected chi connectivity index (χ2v) is 5.64. The average molecular weight is 289 g/mol. The average Bonchev–Trinajstić information content (AvgIpc) is 2.94. The Balaban J connectivity index is 1.97. The zero-order valence-corrected chi connectivity index (χ0v) is 12.6. The summed E-state index contributed by atoms with van der Waals surface area (Å²) in [5.41, 5.74) is 0.401. The van der Waals surface area contributed by atoms with E-state index < -0.39 is 0 Å². The third-order valence-electron chi connectivity index (χ3n) is 2.81. The minimum atomic E-state index is -0.180. The molecule has 0 atom stereocenters. The fourth-order valence-corrected chi connectivity index (χ4v) is 1.61. The van der Waals surface area contributed by atoms with Gasteiger partial charge >= 0.3 is 0 Å². The Morgan fingerprint density at radius 2 is 1.90 bits per heavy atom. The van der Waals surface area contributed by atoms with Gasteiger partial charge in [0.2, 0.25) is 5.89 Å². The second-order valence-electron chi connectivity index (χ2n) is 5.64. The number of hydrogen-bond acceptors (Lipinski definition) is 5. The highest BCUT2D eigenvalue weighted by molar-refractivity contribution is 5.94. The summed E-state index contributed by atoms with van der Waals surface area (Å²) in [6.45, 7) is 6.20. The van der Waals surface area contributed by atoms with E-state index in [0.717, 1.165) is 0 Å². The van der Waals surface area contributed by atoms with Gasteiger partial charge in [0, 0.05) is 18.0 Å².